The first kappa shape index (κ1) is 17.1. The van der Waals surface area contributed by atoms with Crippen LogP contribution in [0.2, 0.25) is 0 Å². The Balaban J connectivity index is 2.66. The lowest BCUT2D eigenvalue weighted by Crippen LogP contribution is -2.12. The lowest BCUT2D eigenvalue weighted by Gasteiger charge is -2.13. The summed E-state index contributed by atoms with van der Waals surface area (Å²) >= 11 is 1.75. The van der Waals surface area contributed by atoms with Crippen LogP contribution < -0.4 is 0 Å². The second-order valence-corrected chi connectivity index (χ2v) is 6.49. The lowest BCUT2D eigenvalue weighted by molar-refractivity contribution is 0.0443. The predicted octanol–water partition coefficient (Wildman–Crippen LogP) is 5.03. The Morgan fingerprint density at radius 3 is 2.45 bits per heavy atom. The van der Waals surface area contributed by atoms with Crippen molar-refractivity contribution in [3.05, 3.63) is 29.8 Å². The Morgan fingerprint density at radius 1 is 1.15 bits per heavy atom. The SMILES string of the molecule is CCC(C)COC(=O)c1ccccc1SCC(C)CC. The molecule has 0 aliphatic rings. The van der Waals surface area contributed by atoms with Crippen LogP contribution in [0, 0.1) is 11.8 Å². The lowest BCUT2D eigenvalue weighted by atomic mass is 10.1. The average molecular weight is 294 g/mol. The van der Waals surface area contributed by atoms with Crippen LogP contribution in [-0.2, 0) is 4.74 Å². The molecular weight excluding hydrogens is 268 g/mol. The predicted molar refractivity (Wildman–Crippen MR) is 86.4 cm³/mol. The quantitative estimate of drug-likeness (QED) is 0.497. The van der Waals surface area contributed by atoms with Crippen molar-refractivity contribution in [2.24, 2.45) is 11.8 Å². The van der Waals surface area contributed by atoms with Gasteiger partial charge < -0.3 is 4.74 Å². The molecule has 0 aliphatic carbocycles. The van der Waals surface area contributed by atoms with Crippen molar-refractivity contribution in [2.45, 2.75) is 45.4 Å². The van der Waals surface area contributed by atoms with Gasteiger partial charge in [0.2, 0.25) is 0 Å². The molecule has 0 bridgehead atoms. The topological polar surface area (TPSA) is 26.3 Å². The molecule has 0 amide bonds. The maximum atomic E-state index is 12.2. The fourth-order valence-corrected chi connectivity index (χ4v) is 2.71. The van der Waals surface area contributed by atoms with Gasteiger partial charge in [-0.15, -0.1) is 11.8 Å². The molecule has 0 fully saturated rings. The van der Waals surface area contributed by atoms with Crippen LogP contribution in [-0.4, -0.2) is 18.3 Å². The van der Waals surface area contributed by atoms with Gasteiger partial charge in [0.05, 0.1) is 12.2 Å². The summed E-state index contributed by atoms with van der Waals surface area (Å²) in [6.07, 6.45) is 2.19. The fourth-order valence-electron chi connectivity index (χ4n) is 1.52. The molecule has 0 spiro atoms. The van der Waals surface area contributed by atoms with Gasteiger partial charge in [0.1, 0.15) is 0 Å². The zero-order valence-electron chi connectivity index (χ0n) is 13.0. The minimum atomic E-state index is -0.197. The summed E-state index contributed by atoms with van der Waals surface area (Å²) < 4.78 is 5.40. The van der Waals surface area contributed by atoms with Crippen molar-refractivity contribution >= 4 is 17.7 Å². The van der Waals surface area contributed by atoms with Gasteiger partial charge >= 0.3 is 5.97 Å². The van der Waals surface area contributed by atoms with Gasteiger partial charge in [-0.2, -0.15) is 0 Å². The number of carbonyl (C=O) groups excluding carboxylic acids is 1. The average Bonchev–Trinajstić information content (AvgIpc) is 2.49. The van der Waals surface area contributed by atoms with Gasteiger partial charge in [-0.05, 0) is 24.0 Å². The Labute approximate surface area is 127 Å². The molecule has 1 aromatic carbocycles. The maximum Gasteiger partial charge on any atom is 0.339 e. The van der Waals surface area contributed by atoms with Crippen molar-refractivity contribution in [1.29, 1.82) is 0 Å². The highest BCUT2D eigenvalue weighted by Crippen LogP contribution is 2.26. The van der Waals surface area contributed by atoms with Crippen LogP contribution in [0.1, 0.15) is 50.9 Å². The van der Waals surface area contributed by atoms with Crippen LogP contribution in [0.25, 0.3) is 0 Å². The zero-order chi connectivity index (χ0) is 15.0. The third kappa shape index (κ3) is 5.58. The normalized spacial score (nSPS) is 13.8. The summed E-state index contributed by atoms with van der Waals surface area (Å²) in [5.74, 6) is 1.91. The Morgan fingerprint density at radius 2 is 1.80 bits per heavy atom. The van der Waals surface area contributed by atoms with Gasteiger partial charge in [-0.1, -0.05) is 52.7 Å². The van der Waals surface area contributed by atoms with E-state index < -0.39 is 0 Å². The molecule has 2 atom stereocenters. The van der Waals surface area contributed by atoms with E-state index in [0.29, 0.717) is 24.0 Å². The highest BCUT2D eigenvalue weighted by Gasteiger charge is 2.14. The summed E-state index contributed by atoms with van der Waals surface area (Å²) in [7, 11) is 0. The molecule has 2 nitrogen and oxygen atoms in total. The Kier molecular flexibility index (Phi) is 7.75. The molecule has 0 saturated heterocycles. The standard InChI is InChI=1S/C17H26O2S/c1-5-13(3)11-19-17(18)15-9-7-8-10-16(15)20-12-14(4)6-2/h7-10,13-14H,5-6,11-12H2,1-4H3. The van der Waals surface area contributed by atoms with Crippen LogP contribution >= 0.6 is 11.8 Å². The van der Waals surface area contributed by atoms with E-state index in [0.717, 1.165) is 23.5 Å². The third-order valence-corrected chi connectivity index (χ3v) is 4.93. The zero-order valence-corrected chi connectivity index (χ0v) is 13.8. The fraction of sp³-hybridized carbons (Fsp3) is 0.588. The molecule has 3 heteroatoms. The van der Waals surface area contributed by atoms with Crippen molar-refractivity contribution < 1.29 is 9.53 Å². The highest BCUT2D eigenvalue weighted by atomic mass is 32.2. The van der Waals surface area contributed by atoms with E-state index in [1.807, 2.05) is 24.3 Å². The minimum absolute atomic E-state index is 0.197. The Hall–Kier alpha value is -0.960. The second kappa shape index (κ2) is 9.06. The van der Waals surface area contributed by atoms with Crippen LogP contribution in [0.5, 0.6) is 0 Å². The first-order chi connectivity index (χ1) is 9.58. The largest absolute Gasteiger partial charge is 0.462 e. The maximum absolute atomic E-state index is 12.2. The molecule has 0 radical (unpaired) electrons. The molecule has 0 saturated carbocycles. The first-order valence-corrected chi connectivity index (χ1v) is 8.45. The molecule has 1 aromatic rings. The highest BCUT2D eigenvalue weighted by molar-refractivity contribution is 7.99. The summed E-state index contributed by atoms with van der Waals surface area (Å²) in [5, 5.41) is 0. The number of hydrogen-bond donors (Lipinski definition) is 0. The van der Waals surface area contributed by atoms with Crippen LogP contribution in [0.4, 0.5) is 0 Å². The molecular formula is C17H26O2S. The number of thioether (sulfide) groups is 1. The Bertz CT molecular complexity index is 417. The molecule has 0 aromatic heterocycles. The van der Waals surface area contributed by atoms with Gasteiger partial charge in [0.15, 0.2) is 0 Å². The minimum Gasteiger partial charge on any atom is -0.462 e. The van der Waals surface area contributed by atoms with Gasteiger partial charge in [0, 0.05) is 10.6 Å². The van der Waals surface area contributed by atoms with E-state index >= 15 is 0 Å². The van der Waals surface area contributed by atoms with Gasteiger partial charge in [0.25, 0.3) is 0 Å². The van der Waals surface area contributed by atoms with Gasteiger partial charge in [-0.3, -0.25) is 0 Å². The molecule has 0 heterocycles. The number of benzene rings is 1. The molecule has 0 aliphatic heterocycles. The number of hydrogen-bond acceptors (Lipinski definition) is 3. The van der Waals surface area contributed by atoms with E-state index in [9.17, 15) is 4.79 Å². The second-order valence-electron chi connectivity index (χ2n) is 5.43. The van der Waals surface area contributed by atoms with E-state index in [2.05, 4.69) is 27.7 Å². The summed E-state index contributed by atoms with van der Waals surface area (Å²) in [6, 6.07) is 7.74. The molecule has 20 heavy (non-hydrogen) atoms. The number of ether oxygens (including phenoxy) is 1. The van der Waals surface area contributed by atoms with E-state index in [-0.39, 0.29) is 5.97 Å². The van der Waals surface area contributed by atoms with Crippen molar-refractivity contribution in [2.75, 3.05) is 12.4 Å². The monoisotopic (exact) mass is 294 g/mol. The molecule has 2 unspecified atom stereocenters. The van der Waals surface area contributed by atoms with E-state index in [1.165, 1.54) is 0 Å². The van der Waals surface area contributed by atoms with E-state index in [1.54, 1.807) is 11.8 Å². The molecule has 1 rings (SSSR count). The molecule has 0 N–H and O–H groups in total. The van der Waals surface area contributed by atoms with Gasteiger partial charge in [-0.25, -0.2) is 4.79 Å². The molecule has 112 valence electrons. The van der Waals surface area contributed by atoms with Crippen molar-refractivity contribution in [3.8, 4) is 0 Å². The first-order valence-electron chi connectivity index (χ1n) is 7.47. The summed E-state index contributed by atoms with van der Waals surface area (Å²) in [4.78, 5) is 13.2. The summed E-state index contributed by atoms with van der Waals surface area (Å²) in [6.45, 7) is 9.12. The smallest absolute Gasteiger partial charge is 0.339 e. The van der Waals surface area contributed by atoms with Crippen molar-refractivity contribution in [1.82, 2.24) is 0 Å². The van der Waals surface area contributed by atoms with E-state index in [4.69, 9.17) is 4.74 Å². The van der Waals surface area contributed by atoms with Crippen molar-refractivity contribution in [3.63, 3.8) is 0 Å². The number of esters is 1. The number of carbonyl (C=O) groups is 1. The van der Waals surface area contributed by atoms with Crippen LogP contribution in [0.15, 0.2) is 29.2 Å². The van der Waals surface area contributed by atoms with Crippen LogP contribution in [0.3, 0.4) is 0 Å². The summed E-state index contributed by atoms with van der Waals surface area (Å²) in [5.41, 5.74) is 0.698. The number of rotatable bonds is 8. The third-order valence-electron chi connectivity index (χ3n) is 3.52.